The number of benzene rings is 2. The SMILES string of the molecule is C[C@@H](NC(=O)c1ccc(Cl)nc1)c1ccc2c(c1)CCN2C(=O)c1cccc(Cl)c1. The van der Waals surface area contributed by atoms with E-state index in [9.17, 15) is 9.59 Å². The van der Waals surface area contributed by atoms with Crippen molar-refractivity contribution >= 4 is 40.7 Å². The van der Waals surface area contributed by atoms with Crippen LogP contribution in [0.3, 0.4) is 0 Å². The monoisotopic (exact) mass is 439 g/mol. The Balaban J connectivity index is 1.50. The minimum Gasteiger partial charge on any atom is -0.345 e. The minimum atomic E-state index is -0.218. The molecular weight excluding hydrogens is 421 g/mol. The number of halogens is 2. The number of hydrogen-bond acceptors (Lipinski definition) is 3. The lowest BCUT2D eigenvalue weighted by Crippen LogP contribution is -2.29. The molecule has 1 N–H and O–H groups in total. The summed E-state index contributed by atoms with van der Waals surface area (Å²) in [5, 5.41) is 3.85. The van der Waals surface area contributed by atoms with Crippen molar-refractivity contribution in [2.24, 2.45) is 0 Å². The highest BCUT2D eigenvalue weighted by molar-refractivity contribution is 6.31. The Morgan fingerprint density at radius 2 is 1.90 bits per heavy atom. The Labute approximate surface area is 184 Å². The van der Waals surface area contributed by atoms with Gasteiger partial charge < -0.3 is 10.2 Å². The molecule has 1 aromatic heterocycles. The van der Waals surface area contributed by atoms with Gasteiger partial charge >= 0.3 is 0 Å². The van der Waals surface area contributed by atoms with Crippen LogP contribution in [0.1, 0.15) is 44.8 Å². The van der Waals surface area contributed by atoms with Crippen molar-refractivity contribution in [2.45, 2.75) is 19.4 Å². The molecule has 0 radical (unpaired) electrons. The van der Waals surface area contributed by atoms with Crippen molar-refractivity contribution in [3.8, 4) is 0 Å². The highest BCUT2D eigenvalue weighted by atomic mass is 35.5. The molecule has 3 aromatic rings. The van der Waals surface area contributed by atoms with Crippen LogP contribution >= 0.6 is 23.2 Å². The van der Waals surface area contributed by atoms with E-state index in [1.54, 1.807) is 41.3 Å². The Kier molecular flexibility index (Phi) is 5.75. The fraction of sp³-hybridized carbons (Fsp3) is 0.174. The molecule has 0 unspecified atom stereocenters. The smallest absolute Gasteiger partial charge is 0.258 e. The minimum absolute atomic E-state index is 0.0689. The first kappa shape index (κ1) is 20.4. The van der Waals surface area contributed by atoms with E-state index in [2.05, 4.69) is 10.3 Å². The Bertz CT molecular complexity index is 1120. The average molecular weight is 440 g/mol. The van der Waals surface area contributed by atoms with Crippen LogP contribution in [0.25, 0.3) is 0 Å². The predicted octanol–water partition coefficient (Wildman–Crippen LogP) is 5.08. The zero-order chi connectivity index (χ0) is 21.3. The van der Waals surface area contributed by atoms with Crippen LogP contribution in [0.15, 0.2) is 60.8 Å². The Morgan fingerprint density at radius 3 is 2.63 bits per heavy atom. The van der Waals surface area contributed by atoms with Gasteiger partial charge in [0.2, 0.25) is 0 Å². The number of aromatic nitrogens is 1. The third-order valence-corrected chi connectivity index (χ3v) is 5.61. The molecule has 0 saturated heterocycles. The molecule has 1 aliphatic heterocycles. The molecule has 0 fully saturated rings. The molecule has 4 rings (SSSR count). The van der Waals surface area contributed by atoms with E-state index in [1.165, 1.54) is 6.20 Å². The lowest BCUT2D eigenvalue weighted by Gasteiger charge is -2.19. The lowest BCUT2D eigenvalue weighted by molar-refractivity contribution is 0.0938. The topological polar surface area (TPSA) is 62.3 Å². The summed E-state index contributed by atoms with van der Waals surface area (Å²) in [4.78, 5) is 31.1. The fourth-order valence-electron chi connectivity index (χ4n) is 3.55. The van der Waals surface area contributed by atoms with Gasteiger partial charge in [-0.1, -0.05) is 41.4 Å². The van der Waals surface area contributed by atoms with Crippen LogP contribution in [-0.4, -0.2) is 23.3 Å². The van der Waals surface area contributed by atoms with Crippen LogP contribution in [0.2, 0.25) is 10.2 Å². The summed E-state index contributed by atoms with van der Waals surface area (Å²) in [6, 6.07) is 15.9. The van der Waals surface area contributed by atoms with Gasteiger partial charge in [-0.05, 0) is 60.9 Å². The van der Waals surface area contributed by atoms with Gasteiger partial charge in [0.05, 0.1) is 11.6 Å². The number of nitrogens with zero attached hydrogens (tertiary/aromatic N) is 2. The van der Waals surface area contributed by atoms with Gasteiger partial charge in [-0.25, -0.2) is 4.98 Å². The first-order chi connectivity index (χ1) is 14.4. The standard InChI is InChI=1S/C23H19Cl2N3O2/c1-14(27-22(29)18-6-8-21(25)26-13-18)15-5-7-20-16(11-15)9-10-28(20)23(30)17-3-2-4-19(24)12-17/h2-8,11-14H,9-10H2,1H3,(H,27,29)/t14-/m1/s1. The first-order valence-corrected chi connectivity index (χ1v) is 10.3. The number of rotatable bonds is 4. The molecule has 0 spiro atoms. The molecular formula is C23H19Cl2N3O2. The Hall–Kier alpha value is -2.89. The van der Waals surface area contributed by atoms with E-state index in [0.29, 0.717) is 27.8 Å². The largest absolute Gasteiger partial charge is 0.345 e. The number of carbonyl (C=O) groups excluding carboxylic acids is 2. The summed E-state index contributed by atoms with van der Waals surface area (Å²) in [5.74, 6) is -0.287. The number of pyridine rings is 1. The molecule has 7 heteroatoms. The molecule has 2 heterocycles. The lowest BCUT2D eigenvalue weighted by atomic mass is 10.0. The maximum atomic E-state index is 12.9. The molecule has 30 heavy (non-hydrogen) atoms. The first-order valence-electron chi connectivity index (χ1n) is 9.55. The number of nitrogens with one attached hydrogen (secondary N) is 1. The molecule has 0 aliphatic carbocycles. The van der Waals surface area contributed by atoms with E-state index in [0.717, 1.165) is 23.2 Å². The van der Waals surface area contributed by atoms with Gasteiger partial charge in [-0.3, -0.25) is 9.59 Å². The van der Waals surface area contributed by atoms with Gasteiger partial charge in [0.25, 0.3) is 11.8 Å². The Morgan fingerprint density at radius 1 is 1.07 bits per heavy atom. The van der Waals surface area contributed by atoms with E-state index >= 15 is 0 Å². The van der Waals surface area contributed by atoms with Crippen LogP contribution in [-0.2, 0) is 6.42 Å². The summed E-state index contributed by atoms with van der Waals surface area (Å²) < 4.78 is 0. The molecule has 1 aliphatic rings. The molecule has 1 atom stereocenters. The number of hydrogen-bond donors (Lipinski definition) is 1. The third kappa shape index (κ3) is 4.18. The van der Waals surface area contributed by atoms with E-state index in [4.69, 9.17) is 23.2 Å². The van der Waals surface area contributed by atoms with Gasteiger partial charge in [-0.2, -0.15) is 0 Å². The van der Waals surface area contributed by atoms with Gasteiger partial charge in [0, 0.05) is 29.0 Å². The van der Waals surface area contributed by atoms with E-state index in [-0.39, 0.29) is 17.9 Å². The second-order valence-electron chi connectivity index (χ2n) is 7.17. The summed E-state index contributed by atoms with van der Waals surface area (Å²) in [6.45, 7) is 2.54. The van der Waals surface area contributed by atoms with Gasteiger partial charge in [0.1, 0.15) is 5.15 Å². The highest BCUT2D eigenvalue weighted by Crippen LogP contribution is 2.32. The van der Waals surface area contributed by atoms with Crippen molar-refractivity contribution in [1.82, 2.24) is 10.3 Å². The number of carbonyl (C=O) groups is 2. The van der Waals surface area contributed by atoms with Crippen molar-refractivity contribution in [3.63, 3.8) is 0 Å². The summed E-state index contributed by atoms with van der Waals surface area (Å²) in [5.41, 5.74) is 3.96. The number of amides is 2. The number of fused-ring (bicyclic) bond motifs is 1. The quantitative estimate of drug-likeness (QED) is 0.576. The highest BCUT2D eigenvalue weighted by Gasteiger charge is 2.26. The van der Waals surface area contributed by atoms with E-state index in [1.807, 2.05) is 25.1 Å². The van der Waals surface area contributed by atoms with Crippen LogP contribution in [0.5, 0.6) is 0 Å². The summed E-state index contributed by atoms with van der Waals surface area (Å²) >= 11 is 11.8. The second-order valence-corrected chi connectivity index (χ2v) is 7.99. The second kappa shape index (κ2) is 8.46. The van der Waals surface area contributed by atoms with E-state index < -0.39 is 0 Å². The van der Waals surface area contributed by atoms with Crippen molar-refractivity contribution in [2.75, 3.05) is 11.4 Å². The summed E-state index contributed by atoms with van der Waals surface area (Å²) in [6.07, 6.45) is 2.21. The molecule has 0 bridgehead atoms. The fourth-order valence-corrected chi connectivity index (χ4v) is 3.85. The van der Waals surface area contributed by atoms with Crippen LogP contribution in [0, 0.1) is 0 Å². The van der Waals surface area contributed by atoms with Crippen molar-refractivity contribution < 1.29 is 9.59 Å². The maximum absolute atomic E-state index is 12.9. The molecule has 2 aromatic carbocycles. The average Bonchev–Trinajstić information content (AvgIpc) is 3.16. The van der Waals surface area contributed by atoms with Crippen LogP contribution < -0.4 is 10.2 Å². The number of anilines is 1. The molecule has 0 saturated carbocycles. The van der Waals surface area contributed by atoms with Gasteiger partial charge in [0.15, 0.2) is 0 Å². The molecule has 152 valence electrons. The van der Waals surface area contributed by atoms with Crippen molar-refractivity contribution in [1.29, 1.82) is 0 Å². The maximum Gasteiger partial charge on any atom is 0.258 e. The zero-order valence-electron chi connectivity index (χ0n) is 16.2. The third-order valence-electron chi connectivity index (χ3n) is 5.15. The molecule has 5 nitrogen and oxygen atoms in total. The summed E-state index contributed by atoms with van der Waals surface area (Å²) in [7, 11) is 0. The van der Waals surface area contributed by atoms with Crippen molar-refractivity contribution in [3.05, 3.63) is 93.2 Å². The molecule has 2 amide bonds. The zero-order valence-corrected chi connectivity index (χ0v) is 17.7. The van der Waals surface area contributed by atoms with Gasteiger partial charge in [-0.15, -0.1) is 0 Å². The predicted molar refractivity (Wildman–Crippen MR) is 118 cm³/mol. The van der Waals surface area contributed by atoms with Crippen LogP contribution in [0.4, 0.5) is 5.69 Å². The normalized spacial score (nSPS) is 13.6.